The molecule has 72 valence electrons. The van der Waals surface area contributed by atoms with Crippen LogP contribution >= 0.6 is 0 Å². The van der Waals surface area contributed by atoms with E-state index in [1.54, 1.807) is 6.07 Å². The smallest absolute Gasteiger partial charge is 0.313 e. The molecular weight excluding hydrogens is 188 g/mol. The molecule has 4 heteroatoms. The standard InChI is InChI=1S/C9H12N2O.ClH/c1-2-6-11-7-4-3-5-8(11)9(10)12;/h3-5,7H,2,6H2,1H3,(H-,10,12);1H. The van der Waals surface area contributed by atoms with Crippen LogP contribution in [0.2, 0.25) is 0 Å². The summed E-state index contributed by atoms with van der Waals surface area (Å²) in [6.45, 7) is 2.89. The normalized spacial score (nSPS) is 9.00. The zero-order valence-corrected chi connectivity index (χ0v) is 8.29. The minimum atomic E-state index is -0.371. The molecule has 0 unspecified atom stereocenters. The van der Waals surface area contributed by atoms with Crippen molar-refractivity contribution in [2.75, 3.05) is 0 Å². The molecule has 0 aliphatic carbocycles. The number of hydrogen-bond donors (Lipinski definition) is 1. The Bertz CT molecular complexity index is 289. The van der Waals surface area contributed by atoms with Gasteiger partial charge in [0.25, 0.3) is 5.69 Å². The van der Waals surface area contributed by atoms with Crippen molar-refractivity contribution in [3.8, 4) is 0 Å². The maximum absolute atomic E-state index is 10.9. The molecule has 0 radical (unpaired) electrons. The summed E-state index contributed by atoms with van der Waals surface area (Å²) in [6.07, 6.45) is 2.86. The van der Waals surface area contributed by atoms with E-state index < -0.39 is 0 Å². The number of carbonyl (C=O) groups is 1. The second-order valence-electron chi connectivity index (χ2n) is 2.64. The summed E-state index contributed by atoms with van der Waals surface area (Å²) in [5.74, 6) is -0.371. The van der Waals surface area contributed by atoms with Gasteiger partial charge < -0.3 is 18.1 Å². The molecule has 2 N–H and O–H groups in total. The summed E-state index contributed by atoms with van der Waals surface area (Å²) < 4.78 is 1.86. The molecule has 1 heterocycles. The third-order valence-electron chi connectivity index (χ3n) is 1.66. The number of aryl methyl sites for hydroxylation is 1. The van der Waals surface area contributed by atoms with Crippen LogP contribution in [-0.2, 0) is 6.54 Å². The van der Waals surface area contributed by atoms with Gasteiger partial charge in [-0.15, -0.1) is 0 Å². The summed E-state index contributed by atoms with van der Waals surface area (Å²) in [5.41, 5.74) is 5.75. The van der Waals surface area contributed by atoms with Gasteiger partial charge in [-0.2, -0.15) is 4.57 Å². The molecule has 0 saturated carbocycles. The lowest BCUT2D eigenvalue weighted by Gasteiger charge is -1.97. The Morgan fingerprint density at radius 3 is 2.77 bits per heavy atom. The Kier molecular flexibility index (Phi) is 5.07. The second kappa shape index (κ2) is 5.54. The van der Waals surface area contributed by atoms with Gasteiger partial charge in [0.2, 0.25) is 0 Å². The fourth-order valence-electron chi connectivity index (χ4n) is 1.14. The molecule has 13 heavy (non-hydrogen) atoms. The van der Waals surface area contributed by atoms with Crippen molar-refractivity contribution < 1.29 is 21.8 Å². The maximum atomic E-state index is 10.9. The zero-order valence-electron chi connectivity index (χ0n) is 7.53. The molecule has 0 bridgehead atoms. The molecule has 1 aromatic heterocycles. The third-order valence-corrected chi connectivity index (χ3v) is 1.66. The van der Waals surface area contributed by atoms with Crippen LogP contribution in [0.3, 0.4) is 0 Å². The van der Waals surface area contributed by atoms with Gasteiger partial charge in [0.05, 0.1) is 0 Å². The lowest BCUT2D eigenvalue weighted by molar-refractivity contribution is -0.698. The van der Waals surface area contributed by atoms with Crippen molar-refractivity contribution in [1.29, 1.82) is 0 Å². The Morgan fingerprint density at radius 1 is 1.54 bits per heavy atom. The van der Waals surface area contributed by atoms with Gasteiger partial charge in [0.1, 0.15) is 6.54 Å². The number of rotatable bonds is 3. The summed E-state index contributed by atoms with van der Waals surface area (Å²) in [6, 6.07) is 5.44. The average molecular weight is 201 g/mol. The summed E-state index contributed by atoms with van der Waals surface area (Å²) in [4.78, 5) is 10.9. The van der Waals surface area contributed by atoms with Gasteiger partial charge in [-0.3, -0.25) is 4.79 Å². The monoisotopic (exact) mass is 200 g/mol. The van der Waals surface area contributed by atoms with E-state index in [0.717, 1.165) is 13.0 Å². The summed E-state index contributed by atoms with van der Waals surface area (Å²) in [5, 5.41) is 0. The number of amides is 1. The Labute approximate surface area is 84.0 Å². The highest BCUT2D eigenvalue weighted by molar-refractivity contribution is 5.89. The van der Waals surface area contributed by atoms with Crippen molar-refractivity contribution in [2.45, 2.75) is 19.9 Å². The first kappa shape index (κ1) is 11.9. The number of pyridine rings is 1. The Balaban J connectivity index is 0.00000144. The number of hydrogen-bond acceptors (Lipinski definition) is 1. The van der Waals surface area contributed by atoms with Crippen molar-refractivity contribution >= 4 is 5.91 Å². The lowest BCUT2D eigenvalue weighted by atomic mass is 10.3. The predicted octanol–water partition coefficient (Wildman–Crippen LogP) is -2.51. The molecular formula is C9H13ClN2O. The molecule has 1 aromatic rings. The van der Waals surface area contributed by atoms with E-state index in [0.29, 0.717) is 5.69 Å². The molecule has 1 rings (SSSR count). The van der Waals surface area contributed by atoms with Crippen LogP contribution < -0.4 is 22.7 Å². The van der Waals surface area contributed by atoms with Crippen LogP contribution in [-0.4, -0.2) is 5.91 Å². The van der Waals surface area contributed by atoms with Crippen LogP contribution in [0.5, 0.6) is 0 Å². The second-order valence-corrected chi connectivity index (χ2v) is 2.64. The molecule has 1 amide bonds. The third kappa shape index (κ3) is 3.03. The Morgan fingerprint density at radius 2 is 2.23 bits per heavy atom. The van der Waals surface area contributed by atoms with E-state index in [1.165, 1.54) is 0 Å². The molecule has 0 spiro atoms. The van der Waals surface area contributed by atoms with Crippen LogP contribution in [0.15, 0.2) is 24.4 Å². The molecule has 0 aromatic carbocycles. The average Bonchev–Trinajstić information content (AvgIpc) is 2.05. The van der Waals surface area contributed by atoms with E-state index in [1.807, 2.05) is 22.9 Å². The topological polar surface area (TPSA) is 47.0 Å². The van der Waals surface area contributed by atoms with Gasteiger partial charge in [0.15, 0.2) is 6.20 Å². The highest BCUT2D eigenvalue weighted by atomic mass is 35.5. The van der Waals surface area contributed by atoms with E-state index in [4.69, 9.17) is 5.73 Å². The number of halogens is 1. The highest BCUT2D eigenvalue weighted by Crippen LogP contribution is 1.90. The SMILES string of the molecule is CCC[n+]1ccccc1C(N)=O.[Cl-]. The molecule has 0 saturated heterocycles. The van der Waals surface area contributed by atoms with E-state index in [2.05, 4.69) is 6.92 Å². The van der Waals surface area contributed by atoms with E-state index in [9.17, 15) is 4.79 Å². The van der Waals surface area contributed by atoms with E-state index >= 15 is 0 Å². The van der Waals surface area contributed by atoms with E-state index in [-0.39, 0.29) is 18.3 Å². The molecule has 0 atom stereocenters. The highest BCUT2D eigenvalue weighted by Gasteiger charge is 2.12. The first-order valence-corrected chi connectivity index (χ1v) is 4.04. The van der Waals surface area contributed by atoms with Crippen molar-refractivity contribution in [1.82, 2.24) is 0 Å². The van der Waals surface area contributed by atoms with Gasteiger partial charge in [-0.25, -0.2) is 0 Å². The van der Waals surface area contributed by atoms with Crippen LogP contribution in [0.4, 0.5) is 0 Å². The van der Waals surface area contributed by atoms with Gasteiger partial charge in [0, 0.05) is 18.6 Å². The van der Waals surface area contributed by atoms with Crippen LogP contribution in [0.1, 0.15) is 23.8 Å². The number of nitrogens with two attached hydrogens (primary N) is 1. The fraction of sp³-hybridized carbons (Fsp3) is 0.333. The molecule has 0 aliphatic rings. The minimum Gasteiger partial charge on any atom is -1.00 e. The lowest BCUT2D eigenvalue weighted by Crippen LogP contribution is -3.00. The first-order valence-electron chi connectivity index (χ1n) is 4.04. The first-order chi connectivity index (χ1) is 5.75. The predicted molar refractivity (Wildman–Crippen MR) is 45.4 cm³/mol. The summed E-state index contributed by atoms with van der Waals surface area (Å²) in [7, 11) is 0. The fourth-order valence-corrected chi connectivity index (χ4v) is 1.14. The number of nitrogens with zero attached hydrogens (tertiary/aromatic N) is 1. The molecule has 0 fully saturated rings. The quantitative estimate of drug-likeness (QED) is 0.539. The number of aromatic nitrogens is 1. The largest absolute Gasteiger partial charge is 1.00 e. The van der Waals surface area contributed by atoms with Crippen LogP contribution in [0, 0.1) is 0 Å². The molecule has 3 nitrogen and oxygen atoms in total. The maximum Gasteiger partial charge on any atom is 0.313 e. The summed E-state index contributed by atoms with van der Waals surface area (Å²) >= 11 is 0. The molecule has 0 aliphatic heterocycles. The Hall–Kier alpha value is -1.09. The van der Waals surface area contributed by atoms with Crippen molar-refractivity contribution in [2.24, 2.45) is 5.73 Å². The number of carbonyl (C=O) groups excluding carboxylic acids is 1. The van der Waals surface area contributed by atoms with Crippen molar-refractivity contribution in [3.63, 3.8) is 0 Å². The van der Waals surface area contributed by atoms with Crippen molar-refractivity contribution in [3.05, 3.63) is 30.1 Å². The zero-order chi connectivity index (χ0) is 8.97. The van der Waals surface area contributed by atoms with Gasteiger partial charge >= 0.3 is 5.91 Å². The number of primary amides is 1. The van der Waals surface area contributed by atoms with Gasteiger partial charge in [-0.05, 0) is 6.07 Å². The minimum absolute atomic E-state index is 0. The van der Waals surface area contributed by atoms with Crippen LogP contribution in [0.25, 0.3) is 0 Å². The van der Waals surface area contributed by atoms with Gasteiger partial charge in [-0.1, -0.05) is 6.92 Å².